The lowest BCUT2D eigenvalue weighted by Gasteiger charge is -2.22. The first-order valence-corrected chi connectivity index (χ1v) is 10.3. The van der Waals surface area contributed by atoms with Gasteiger partial charge in [-0.15, -0.1) is 0 Å². The third kappa shape index (κ3) is 4.24. The summed E-state index contributed by atoms with van der Waals surface area (Å²) in [6.07, 6.45) is 6.33. The smallest absolute Gasteiger partial charge is 0.292 e. The summed E-state index contributed by atoms with van der Waals surface area (Å²) >= 11 is 6.33. The molecule has 6 nitrogen and oxygen atoms in total. The largest absolute Gasteiger partial charge is 0.382 e. The van der Waals surface area contributed by atoms with E-state index in [4.69, 9.17) is 21.1 Å². The van der Waals surface area contributed by atoms with Crippen molar-refractivity contribution in [2.45, 2.75) is 44.8 Å². The van der Waals surface area contributed by atoms with E-state index in [9.17, 15) is 4.79 Å². The van der Waals surface area contributed by atoms with Crippen LogP contribution in [0, 0.1) is 5.92 Å². The molecule has 4 rings (SSSR count). The van der Waals surface area contributed by atoms with Gasteiger partial charge in [0.1, 0.15) is 5.02 Å². The van der Waals surface area contributed by atoms with Crippen molar-refractivity contribution in [3.8, 4) is 5.69 Å². The molecule has 3 atom stereocenters. The van der Waals surface area contributed by atoms with Crippen molar-refractivity contribution in [2.75, 3.05) is 25.1 Å². The van der Waals surface area contributed by atoms with Crippen molar-refractivity contribution in [3.05, 3.63) is 51.4 Å². The molecule has 0 amide bonds. The minimum Gasteiger partial charge on any atom is -0.382 e. The summed E-state index contributed by atoms with van der Waals surface area (Å²) in [6.45, 7) is 4.39. The standard InChI is InChI=1S/C21H26ClN3O3/c1-14-4-9-19(28-14)16-5-7-17(8-6-16)25-21(26)20(22)18(12-24-25)23-11-15-3-2-10-27-13-15/h5-8,12,14-15,19,23H,2-4,9-11,13H2,1H3/t14-,15?,19-/m0/s1. The third-order valence-electron chi connectivity index (χ3n) is 5.50. The Hall–Kier alpha value is -1.89. The van der Waals surface area contributed by atoms with Crippen LogP contribution >= 0.6 is 11.6 Å². The average Bonchev–Trinajstić information content (AvgIpc) is 3.16. The molecule has 2 saturated heterocycles. The second-order valence-electron chi connectivity index (χ2n) is 7.66. The number of halogens is 1. The van der Waals surface area contributed by atoms with Crippen molar-refractivity contribution in [2.24, 2.45) is 5.92 Å². The van der Waals surface area contributed by atoms with Gasteiger partial charge in [-0.3, -0.25) is 4.79 Å². The molecule has 7 heteroatoms. The Labute approximate surface area is 169 Å². The van der Waals surface area contributed by atoms with Crippen LogP contribution in [0.15, 0.2) is 35.3 Å². The van der Waals surface area contributed by atoms with Crippen molar-refractivity contribution < 1.29 is 9.47 Å². The van der Waals surface area contributed by atoms with Gasteiger partial charge in [0.15, 0.2) is 0 Å². The van der Waals surface area contributed by atoms with E-state index in [-0.39, 0.29) is 16.7 Å². The van der Waals surface area contributed by atoms with E-state index in [2.05, 4.69) is 17.3 Å². The molecule has 2 aliphatic rings. The number of rotatable bonds is 5. The van der Waals surface area contributed by atoms with Crippen LogP contribution in [0.2, 0.25) is 5.02 Å². The topological polar surface area (TPSA) is 65.4 Å². The maximum Gasteiger partial charge on any atom is 0.292 e. The molecule has 28 heavy (non-hydrogen) atoms. The highest BCUT2D eigenvalue weighted by molar-refractivity contribution is 6.32. The van der Waals surface area contributed by atoms with Gasteiger partial charge in [0.05, 0.1) is 36.4 Å². The van der Waals surface area contributed by atoms with E-state index in [1.807, 2.05) is 24.3 Å². The van der Waals surface area contributed by atoms with Crippen LogP contribution in [-0.4, -0.2) is 35.6 Å². The number of anilines is 1. The molecule has 2 fully saturated rings. The first-order valence-electron chi connectivity index (χ1n) is 9.97. The fourth-order valence-corrected chi connectivity index (χ4v) is 4.04. The van der Waals surface area contributed by atoms with Gasteiger partial charge in [0, 0.05) is 13.2 Å². The molecule has 2 aromatic rings. The zero-order valence-electron chi connectivity index (χ0n) is 16.1. The lowest BCUT2D eigenvalue weighted by molar-refractivity contribution is 0.0555. The predicted octanol–water partition coefficient (Wildman–Crippen LogP) is 3.96. The summed E-state index contributed by atoms with van der Waals surface area (Å²) in [4.78, 5) is 12.7. The Kier molecular flexibility index (Phi) is 5.99. The Morgan fingerprint density at radius 3 is 2.75 bits per heavy atom. The molecular weight excluding hydrogens is 378 g/mol. The van der Waals surface area contributed by atoms with E-state index in [1.165, 1.54) is 4.68 Å². The first kappa shape index (κ1) is 19.4. The summed E-state index contributed by atoms with van der Waals surface area (Å²) in [5.74, 6) is 0.431. The van der Waals surface area contributed by atoms with Crippen molar-refractivity contribution in [1.82, 2.24) is 9.78 Å². The van der Waals surface area contributed by atoms with Gasteiger partial charge in [0.2, 0.25) is 0 Å². The molecule has 3 heterocycles. The molecule has 0 radical (unpaired) electrons. The maximum atomic E-state index is 12.7. The van der Waals surface area contributed by atoms with Crippen LogP contribution in [0.1, 0.15) is 44.3 Å². The zero-order valence-corrected chi connectivity index (χ0v) is 16.8. The van der Waals surface area contributed by atoms with Crippen molar-refractivity contribution >= 4 is 17.3 Å². The Morgan fingerprint density at radius 1 is 1.25 bits per heavy atom. The number of hydrogen-bond donors (Lipinski definition) is 1. The second kappa shape index (κ2) is 8.64. The van der Waals surface area contributed by atoms with Crippen molar-refractivity contribution in [3.63, 3.8) is 0 Å². The number of nitrogens with zero attached hydrogens (tertiary/aromatic N) is 2. The number of aromatic nitrogens is 2. The third-order valence-corrected chi connectivity index (χ3v) is 5.86. The number of benzene rings is 1. The minimum absolute atomic E-state index is 0.132. The summed E-state index contributed by atoms with van der Waals surface area (Å²) in [5, 5.41) is 7.71. The van der Waals surface area contributed by atoms with Crippen LogP contribution in [0.25, 0.3) is 5.69 Å². The van der Waals surface area contributed by atoms with Crippen LogP contribution in [-0.2, 0) is 9.47 Å². The quantitative estimate of drug-likeness (QED) is 0.818. The van der Waals surface area contributed by atoms with Gasteiger partial charge >= 0.3 is 0 Å². The van der Waals surface area contributed by atoms with Gasteiger partial charge in [-0.25, -0.2) is 0 Å². The summed E-state index contributed by atoms with van der Waals surface area (Å²) < 4.78 is 12.7. The molecule has 1 unspecified atom stereocenters. The molecule has 1 N–H and O–H groups in total. The monoisotopic (exact) mass is 403 g/mol. The van der Waals surface area contributed by atoms with Crippen molar-refractivity contribution in [1.29, 1.82) is 0 Å². The van der Waals surface area contributed by atoms with Gasteiger partial charge in [-0.05, 0) is 56.2 Å². The van der Waals surface area contributed by atoms with Gasteiger partial charge < -0.3 is 14.8 Å². The minimum atomic E-state index is -0.329. The fraction of sp³-hybridized carbons (Fsp3) is 0.524. The molecule has 2 aliphatic heterocycles. The molecule has 0 aliphatic carbocycles. The SMILES string of the molecule is C[C@H]1CC[C@@H](c2ccc(-n3ncc(NCC4CCCOC4)c(Cl)c3=O)cc2)O1. The van der Waals surface area contributed by atoms with Crippen LogP contribution in [0.4, 0.5) is 5.69 Å². The van der Waals surface area contributed by atoms with E-state index in [0.717, 1.165) is 51.0 Å². The highest BCUT2D eigenvalue weighted by Crippen LogP contribution is 2.32. The molecular formula is C21H26ClN3O3. The molecule has 0 bridgehead atoms. The molecule has 0 spiro atoms. The van der Waals surface area contributed by atoms with Crippen LogP contribution in [0.5, 0.6) is 0 Å². The highest BCUT2D eigenvalue weighted by atomic mass is 35.5. The zero-order chi connectivity index (χ0) is 19.5. The Balaban J connectivity index is 1.47. The fourth-order valence-electron chi connectivity index (χ4n) is 3.84. The maximum absolute atomic E-state index is 12.7. The van der Waals surface area contributed by atoms with Crippen LogP contribution in [0.3, 0.4) is 0 Å². The first-order chi connectivity index (χ1) is 13.6. The van der Waals surface area contributed by atoms with Crippen LogP contribution < -0.4 is 10.9 Å². The number of nitrogens with one attached hydrogen (secondary N) is 1. The van der Waals surface area contributed by atoms with E-state index >= 15 is 0 Å². The summed E-state index contributed by atoms with van der Waals surface area (Å²) in [5.41, 5.74) is 2.05. The highest BCUT2D eigenvalue weighted by Gasteiger charge is 2.23. The normalized spacial score (nSPS) is 25.0. The number of hydrogen-bond acceptors (Lipinski definition) is 5. The summed E-state index contributed by atoms with van der Waals surface area (Å²) in [7, 11) is 0. The van der Waals surface area contributed by atoms with Gasteiger partial charge in [-0.1, -0.05) is 23.7 Å². The Morgan fingerprint density at radius 2 is 2.07 bits per heavy atom. The van der Waals surface area contributed by atoms with E-state index in [0.29, 0.717) is 23.4 Å². The van der Waals surface area contributed by atoms with E-state index < -0.39 is 0 Å². The number of ether oxygens (including phenoxy) is 2. The molecule has 1 aromatic carbocycles. The Bertz CT molecular complexity index is 862. The average molecular weight is 404 g/mol. The molecule has 1 aromatic heterocycles. The van der Waals surface area contributed by atoms with Gasteiger partial charge in [-0.2, -0.15) is 9.78 Å². The van der Waals surface area contributed by atoms with E-state index in [1.54, 1.807) is 6.20 Å². The summed E-state index contributed by atoms with van der Waals surface area (Å²) in [6, 6.07) is 7.77. The predicted molar refractivity (Wildman–Crippen MR) is 109 cm³/mol. The molecule has 0 saturated carbocycles. The van der Waals surface area contributed by atoms with Gasteiger partial charge in [0.25, 0.3) is 5.56 Å². The molecule has 150 valence electrons. The lowest BCUT2D eigenvalue weighted by Crippen LogP contribution is -2.26. The second-order valence-corrected chi connectivity index (χ2v) is 8.04. The lowest BCUT2D eigenvalue weighted by atomic mass is 10.0.